The van der Waals surface area contributed by atoms with E-state index in [1.54, 1.807) is 6.92 Å². The largest absolute Gasteiger partial charge is 0.384 e. The van der Waals surface area contributed by atoms with Crippen LogP contribution in [0.25, 0.3) is 0 Å². The van der Waals surface area contributed by atoms with Crippen molar-refractivity contribution in [3.8, 4) is 0 Å². The quantitative estimate of drug-likeness (QED) is 0.579. The van der Waals surface area contributed by atoms with Gasteiger partial charge >= 0.3 is 0 Å². The molecule has 1 rings (SSSR count). The highest BCUT2D eigenvalue weighted by Gasteiger charge is 2.22. The first-order chi connectivity index (χ1) is 8.95. The maximum atomic E-state index is 11.9. The number of nitro groups is 1. The Morgan fingerprint density at radius 1 is 1.68 bits per heavy atom. The number of carbonyl (C=O) groups excluding carboxylic acids is 1. The molecule has 0 saturated heterocycles. The third-order valence-corrected chi connectivity index (χ3v) is 2.29. The number of amides is 1. The lowest BCUT2D eigenvalue weighted by atomic mass is 10.2. The lowest BCUT2D eigenvalue weighted by Gasteiger charge is -2.13. The second-order valence-electron chi connectivity index (χ2n) is 3.92. The van der Waals surface area contributed by atoms with E-state index in [0.717, 1.165) is 6.20 Å². The number of carbonyl (C=O) groups is 1. The molecule has 1 aromatic rings. The van der Waals surface area contributed by atoms with E-state index in [1.165, 1.54) is 6.07 Å². The van der Waals surface area contributed by atoms with Crippen LogP contribution in [0.2, 0.25) is 0 Å². The minimum absolute atomic E-state index is 0.0493. The van der Waals surface area contributed by atoms with Crippen molar-refractivity contribution in [1.82, 2.24) is 10.3 Å². The first-order valence-electron chi connectivity index (χ1n) is 5.74. The van der Waals surface area contributed by atoms with Crippen LogP contribution in [-0.2, 0) is 4.74 Å². The molecule has 8 heteroatoms. The van der Waals surface area contributed by atoms with Crippen LogP contribution in [0.15, 0.2) is 12.3 Å². The van der Waals surface area contributed by atoms with Crippen LogP contribution in [0, 0.1) is 10.1 Å². The van der Waals surface area contributed by atoms with Crippen molar-refractivity contribution in [2.45, 2.75) is 19.9 Å². The molecule has 1 aromatic heterocycles. The highest BCUT2D eigenvalue weighted by Crippen LogP contribution is 2.18. The Labute approximate surface area is 110 Å². The third kappa shape index (κ3) is 4.18. The average Bonchev–Trinajstić information content (AvgIpc) is 2.35. The predicted molar refractivity (Wildman–Crippen MR) is 68.7 cm³/mol. The van der Waals surface area contributed by atoms with E-state index >= 15 is 0 Å². The fourth-order valence-electron chi connectivity index (χ4n) is 1.43. The molecule has 0 fully saturated rings. The van der Waals surface area contributed by atoms with Crippen molar-refractivity contribution in [2.75, 3.05) is 18.9 Å². The van der Waals surface area contributed by atoms with Gasteiger partial charge < -0.3 is 15.8 Å². The molecule has 0 aliphatic carbocycles. The molecule has 0 aliphatic heterocycles. The van der Waals surface area contributed by atoms with Gasteiger partial charge in [-0.25, -0.2) is 4.98 Å². The minimum Gasteiger partial charge on any atom is -0.384 e. The molecule has 0 aliphatic rings. The summed E-state index contributed by atoms with van der Waals surface area (Å²) < 4.78 is 5.15. The molecular weight excluding hydrogens is 252 g/mol. The Balaban J connectivity index is 2.86. The normalized spacial score (nSPS) is 11.9. The van der Waals surface area contributed by atoms with E-state index in [2.05, 4.69) is 10.3 Å². The Kier molecular flexibility index (Phi) is 5.19. The van der Waals surface area contributed by atoms with Gasteiger partial charge in [0.25, 0.3) is 11.6 Å². The number of hydrogen-bond donors (Lipinski definition) is 2. The second kappa shape index (κ2) is 6.64. The fourth-order valence-corrected chi connectivity index (χ4v) is 1.43. The number of nitrogens with zero attached hydrogens (tertiary/aromatic N) is 2. The van der Waals surface area contributed by atoms with Gasteiger partial charge in [0.15, 0.2) is 0 Å². The molecule has 19 heavy (non-hydrogen) atoms. The molecule has 1 amide bonds. The van der Waals surface area contributed by atoms with Crippen LogP contribution >= 0.6 is 0 Å². The summed E-state index contributed by atoms with van der Waals surface area (Å²) in [5.41, 5.74) is 4.95. The zero-order chi connectivity index (χ0) is 14.4. The lowest BCUT2D eigenvalue weighted by Crippen LogP contribution is -2.36. The molecule has 1 heterocycles. The van der Waals surface area contributed by atoms with E-state index in [-0.39, 0.29) is 23.1 Å². The number of ether oxygens (including phenoxy) is 1. The number of nitrogens with one attached hydrogen (secondary N) is 1. The second-order valence-corrected chi connectivity index (χ2v) is 3.92. The maximum absolute atomic E-state index is 11.9. The lowest BCUT2D eigenvalue weighted by molar-refractivity contribution is -0.385. The van der Waals surface area contributed by atoms with E-state index in [4.69, 9.17) is 10.5 Å². The summed E-state index contributed by atoms with van der Waals surface area (Å²) in [6.07, 6.45) is 0.970. The fraction of sp³-hybridized carbons (Fsp3) is 0.455. The molecule has 0 bridgehead atoms. The Morgan fingerprint density at radius 3 is 2.95 bits per heavy atom. The van der Waals surface area contributed by atoms with Gasteiger partial charge in [-0.1, -0.05) is 0 Å². The number of hydrogen-bond acceptors (Lipinski definition) is 6. The number of nitrogen functional groups attached to an aromatic ring is 1. The third-order valence-electron chi connectivity index (χ3n) is 2.29. The molecule has 0 saturated carbocycles. The molecule has 3 N–H and O–H groups in total. The van der Waals surface area contributed by atoms with Gasteiger partial charge in [0.2, 0.25) is 0 Å². The first-order valence-corrected chi connectivity index (χ1v) is 5.74. The zero-order valence-corrected chi connectivity index (χ0v) is 10.8. The Bertz CT molecular complexity index is 478. The van der Waals surface area contributed by atoms with Gasteiger partial charge in [-0.2, -0.15) is 0 Å². The van der Waals surface area contributed by atoms with Gasteiger partial charge in [0, 0.05) is 12.6 Å². The van der Waals surface area contributed by atoms with E-state index in [9.17, 15) is 14.9 Å². The van der Waals surface area contributed by atoms with Crippen molar-refractivity contribution in [1.29, 1.82) is 0 Å². The highest BCUT2D eigenvalue weighted by molar-refractivity contribution is 5.98. The van der Waals surface area contributed by atoms with Crippen LogP contribution in [0.3, 0.4) is 0 Å². The summed E-state index contributed by atoms with van der Waals surface area (Å²) in [4.78, 5) is 25.7. The minimum atomic E-state index is -0.672. The smallest absolute Gasteiger partial charge is 0.300 e. The van der Waals surface area contributed by atoms with E-state index in [1.807, 2.05) is 6.92 Å². The van der Waals surface area contributed by atoms with Crippen LogP contribution < -0.4 is 11.1 Å². The van der Waals surface area contributed by atoms with Crippen molar-refractivity contribution in [2.24, 2.45) is 0 Å². The first kappa shape index (κ1) is 14.8. The van der Waals surface area contributed by atoms with E-state index in [0.29, 0.717) is 13.2 Å². The summed E-state index contributed by atoms with van der Waals surface area (Å²) in [5, 5.41) is 13.4. The number of rotatable bonds is 6. The average molecular weight is 268 g/mol. The van der Waals surface area contributed by atoms with Crippen LogP contribution in [0.1, 0.15) is 24.2 Å². The van der Waals surface area contributed by atoms with E-state index < -0.39 is 10.8 Å². The topological polar surface area (TPSA) is 120 Å². The number of pyridine rings is 1. The molecule has 0 radical (unpaired) electrons. The molecule has 1 atom stereocenters. The summed E-state index contributed by atoms with van der Waals surface area (Å²) in [6.45, 7) is 4.44. The Morgan fingerprint density at radius 2 is 2.37 bits per heavy atom. The Hall–Kier alpha value is -2.22. The summed E-state index contributed by atoms with van der Waals surface area (Å²) in [6, 6.07) is 0.919. The number of aromatic nitrogens is 1. The van der Waals surface area contributed by atoms with Gasteiger partial charge in [-0.05, 0) is 19.9 Å². The standard InChI is InChI=1S/C11H16N4O4/c1-3-19-6-7(2)14-11(16)8-4-10(12)13-5-9(8)15(17)18/h4-5,7H,3,6H2,1-2H3,(H2,12,13)(H,14,16). The maximum Gasteiger partial charge on any atom is 0.300 e. The van der Waals surface area contributed by atoms with Crippen LogP contribution in [-0.4, -0.2) is 35.1 Å². The van der Waals surface area contributed by atoms with Crippen LogP contribution in [0.5, 0.6) is 0 Å². The molecule has 104 valence electrons. The summed E-state index contributed by atoms with van der Waals surface area (Å²) in [7, 11) is 0. The van der Waals surface area contributed by atoms with Crippen molar-refractivity contribution in [3.63, 3.8) is 0 Å². The van der Waals surface area contributed by atoms with Gasteiger partial charge in [0.1, 0.15) is 17.6 Å². The van der Waals surface area contributed by atoms with Crippen molar-refractivity contribution in [3.05, 3.63) is 27.9 Å². The highest BCUT2D eigenvalue weighted by atomic mass is 16.6. The summed E-state index contributed by atoms with van der Waals surface area (Å²) >= 11 is 0. The molecule has 0 spiro atoms. The molecule has 8 nitrogen and oxygen atoms in total. The van der Waals surface area contributed by atoms with Crippen molar-refractivity contribution < 1.29 is 14.5 Å². The zero-order valence-electron chi connectivity index (χ0n) is 10.8. The van der Waals surface area contributed by atoms with Crippen LogP contribution in [0.4, 0.5) is 11.5 Å². The molecule has 1 unspecified atom stereocenters. The van der Waals surface area contributed by atoms with Gasteiger partial charge in [0.05, 0.1) is 11.5 Å². The van der Waals surface area contributed by atoms with Gasteiger partial charge in [-0.15, -0.1) is 0 Å². The number of nitrogens with two attached hydrogens (primary N) is 1. The van der Waals surface area contributed by atoms with Gasteiger partial charge in [-0.3, -0.25) is 14.9 Å². The SMILES string of the molecule is CCOCC(C)NC(=O)c1cc(N)ncc1[N+](=O)[O-]. The number of anilines is 1. The van der Waals surface area contributed by atoms with Crippen molar-refractivity contribution >= 4 is 17.4 Å². The molecular formula is C11H16N4O4. The molecule has 0 aromatic carbocycles. The summed E-state index contributed by atoms with van der Waals surface area (Å²) in [5.74, 6) is -0.527. The predicted octanol–water partition coefficient (Wildman–Crippen LogP) is 0.727. The monoisotopic (exact) mass is 268 g/mol.